The van der Waals surface area contributed by atoms with E-state index in [4.69, 9.17) is 4.52 Å². The van der Waals surface area contributed by atoms with Gasteiger partial charge in [0, 0.05) is 29.6 Å². The van der Waals surface area contributed by atoms with Crippen molar-refractivity contribution in [3.05, 3.63) is 52.8 Å². The number of thioether (sulfide) groups is 1. The quantitative estimate of drug-likeness (QED) is 0.912. The number of rotatable bonds is 4. The summed E-state index contributed by atoms with van der Waals surface area (Å²) in [6.45, 7) is 1.79. The monoisotopic (exact) mass is 352 g/mol. The first-order valence-electron chi connectivity index (χ1n) is 8.35. The van der Waals surface area contributed by atoms with Gasteiger partial charge in [-0.25, -0.2) is 0 Å². The van der Waals surface area contributed by atoms with Crippen LogP contribution in [0.2, 0.25) is 0 Å². The summed E-state index contributed by atoms with van der Waals surface area (Å²) in [5, 5.41) is 9.94. The highest BCUT2D eigenvalue weighted by Crippen LogP contribution is 2.40. The number of anilines is 1. The van der Waals surface area contributed by atoms with Crippen molar-refractivity contribution >= 4 is 34.2 Å². The van der Waals surface area contributed by atoms with Crippen molar-refractivity contribution in [3.63, 3.8) is 0 Å². The van der Waals surface area contributed by atoms with E-state index < -0.39 is 0 Å². The minimum atomic E-state index is -0.243. The SMILES string of the molecule is O=C(Nc1ccc(C2=CSC3=NCCN23)cc1)c1cc(C2CC2)on1. The van der Waals surface area contributed by atoms with E-state index in [0.717, 1.165) is 48.1 Å². The lowest BCUT2D eigenvalue weighted by Crippen LogP contribution is -2.19. The van der Waals surface area contributed by atoms with Crippen LogP contribution in [0.15, 0.2) is 45.3 Å². The van der Waals surface area contributed by atoms with Gasteiger partial charge in [0.2, 0.25) is 0 Å². The summed E-state index contributed by atoms with van der Waals surface area (Å²) in [6.07, 6.45) is 2.24. The van der Waals surface area contributed by atoms with Gasteiger partial charge in [-0.2, -0.15) is 0 Å². The highest BCUT2D eigenvalue weighted by molar-refractivity contribution is 8.16. The number of amides is 1. The second-order valence-electron chi connectivity index (χ2n) is 6.36. The summed E-state index contributed by atoms with van der Waals surface area (Å²) in [7, 11) is 0. The van der Waals surface area contributed by atoms with Crippen molar-refractivity contribution in [3.8, 4) is 0 Å². The fraction of sp³-hybridized carbons (Fsp3) is 0.278. The first-order valence-corrected chi connectivity index (χ1v) is 9.23. The van der Waals surface area contributed by atoms with Crippen molar-refractivity contribution < 1.29 is 9.32 Å². The molecule has 3 heterocycles. The van der Waals surface area contributed by atoms with Gasteiger partial charge in [-0.1, -0.05) is 29.1 Å². The Balaban J connectivity index is 1.28. The number of carbonyl (C=O) groups is 1. The highest BCUT2D eigenvalue weighted by atomic mass is 32.2. The van der Waals surface area contributed by atoms with E-state index in [1.165, 1.54) is 5.70 Å². The van der Waals surface area contributed by atoms with Crippen LogP contribution in [0.5, 0.6) is 0 Å². The molecule has 1 aromatic heterocycles. The number of nitrogens with one attached hydrogen (secondary N) is 1. The van der Waals surface area contributed by atoms with E-state index in [0.29, 0.717) is 11.6 Å². The maximum atomic E-state index is 12.3. The zero-order chi connectivity index (χ0) is 16.8. The van der Waals surface area contributed by atoms with Crippen LogP contribution >= 0.6 is 11.8 Å². The third-order valence-electron chi connectivity index (χ3n) is 4.55. The molecule has 0 atom stereocenters. The Morgan fingerprint density at radius 3 is 2.92 bits per heavy atom. The first-order chi connectivity index (χ1) is 12.3. The number of aliphatic imine (C=N–C) groups is 1. The summed E-state index contributed by atoms with van der Waals surface area (Å²) in [5.41, 5.74) is 3.37. The molecule has 6 nitrogen and oxygen atoms in total. The molecule has 0 saturated heterocycles. The van der Waals surface area contributed by atoms with Gasteiger partial charge < -0.3 is 14.7 Å². The van der Waals surface area contributed by atoms with Crippen molar-refractivity contribution in [2.75, 3.05) is 18.4 Å². The molecule has 1 saturated carbocycles. The normalized spacial score (nSPS) is 18.8. The zero-order valence-electron chi connectivity index (χ0n) is 13.4. The van der Waals surface area contributed by atoms with Crippen LogP contribution in [0.4, 0.5) is 5.69 Å². The van der Waals surface area contributed by atoms with Gasteiger partial charge in [0.15, 0.2) is 10.9 Å². The van der Waals surface area contributed by atoms with Crippen LogP contribution in [-0.4, -0.2) is 34.2 Å². The van der Waals surface area contributed by atoms with E-state index >= 15 is 0 Å². The minimum Gasteiger partial charge on any atom is -0.360 e. The average molecular weight is 352 g/mol. The molecule has 1 aromatic carbocycles. The fourth-order valence-corrected chi connectivity index (χ4v) is 3.99. The molecule has 1 N–H and O–H groups in total. The lowest BCUT2D eigenvalue weighted by atomic mass is 10.1. The van der Waals surface area contributed by atoms with Gasteiger partial charge in [-0.15, -0.1) is 0 Å². The molecule has 0 bridgehead atoms. The molecule has 1 fully saturated rings. The number of fused-ring (bicyclic) bond motifs is 1. The maximum Gasteiger partial charge on any atom is 0.277 e. The maximum absolute atomic E-state index is 12.3. The van der Waals surface area contributed by atoms with Crippen LogP contribution in [0.1, 0.15) is 40.6 Å². The second kappa shape index (κ2) is 5.77. The molecule has 3 aliphatic rings. The summed E-state index contributed by atoms with van der Waals surface area (Å²) in [4.78, 5) is 19.0. The minimum absolute atomic E-state index is 0.243. The first kappa shape index (κ1) is 14.8. The molecular formula is C18H16N4O2S. The topological polar surface area (TPSA) is 70.7 Å². The lowest BCUT2D eigenvalue weighted by Gasteiger charge is -2.16. The number of carbonyl (C=O) groups excluding carboxylic acids is 1. The molecule has 0 spiro atoms. The summed E-state index contributed by atoms with van der Waals surface area (Å²) in [5.74, 6) is 1.02. The van der Waals surface area contributed by atoms with Crippen molar-refractivity contribution in [1.29, 1.82) is 0 Å². The number of benzene rings is 1. The van der Waals surface area contributed by atoms with Crippen LogP contribution in [0, 0.1) is 0 Å². The predicted octanol–water partition coefficient (Wildman–Crippen LogP) is 3.52. The zero-order valence-corrected chi connectivity index (χ0v) is 14.3. The molecule has 25 heavy (non-hydrogen) atoms. The Morgan fingerprint density at radius 2 is 2.12 bits per heavy atom. The van der Waals surface area contributed by atoms with Crippen LogP contribution < -0.4 is 5.32 Å². The molecular weight excluding hydrogens is 336 g/mol. The van der Waals surface area contributed by atoms with Crippen LogP contribution in [0.3, 0.4) is 0 Å². The second-order valence-corrected chi connectivity index (χ2v) is 7.19. The number of amidine groups is 1. The predicted molar refractivity (Wildman–Crippen MR) is 97.4 cm³/mol. The van der Waals surface area contributed by atoms with Gasteiger partial charge in [0.25, 0.3) is 5.91 Å². The molecule has 0 unspecified atom stereocenters. The number of nitrogens with zero attached hydrogens (tertiary/aromatic N) is 3. The van der Waals surface area contributed by atoms with E-state index in [2.05, 4.69) is 25.8 Å². The Hall–Kier alpha value is -2.54. The Kier molecular flexibility index (Phi) is 3.41. The van der Waals surface area contributed by atoms with Crippen LogP contribution in [0.25, 0.3) is 5.70 Å². The summed E-state index contributed by atoms with van der Waals surface area (Å²) < 4.78 is 5.24. The van der Waals surface area contributed by atoms with Crippen molar-refractivity contribution in [2.45, 2.75) is 18.8 Å². The lowest BCUT2D eigenvalue weighted by molar-refractivity contribution is 0.101. The summed E-state index contributed by atoms with van der Waals surface area (Å²) in [6, 6.07) is 9.59. The molecule has 0 radical (unpaired) electrons. The van der Waals surface area contributed by atoms with Gasteiger partial charge in [0.05, 0.1) is 12.2 Å². The van der Waals surface area contributed by atoms with E-state index in [9.17, 15) is 4.79 Å². The van der Waals surface area contributed by atoms with Gasteiger partial charge in [0.1, 0.15) is 5.76 Å². The van der Waals surface area contributed by atoms with Gasteiger partial charge >= 0.3 is 0 Å². The molecule has 126 valence electrons. The Labute approximate surface area is 149 Å². The number of hydrogen-bond acceptors (Lipinski definition) is 6. The third-order valence-corrected chi connectivity index (χ3v) is 5.45. The largest absolute Gasteiger partial charge is 0.360 e. The van der Waals surface area contributed by atoms with E-state index in [1.807, 2.05) is 24.3 Å². The van der Waals surface area contributed by atoms with Gasteiger partial charge in [-0.05, 0) is 30.5 Å². The Morgan fingerprint density at radius 1 is 1.28 bits per heavy atom. The molecule has 1 aliphatic carbocycles. The van der Waals surface area contributed by atoms with E-state index in [-0.39, 0.29) is 5.91 Å². The average Bonchev–Trinajstić information content (AvgIpc) is 3.03. The van der Waals surface area contributed by atoms with E-state index in [1.54, 1.807) is 17.8 Å². The smallest absolute Gasteiger partial charge is 0.277 e. The molecule has 2 aliphatic heterocycles. The van der Waals surface area contributed by atoms with Crippen LogP contribution in [-0.2, 0) is 0 Å². The number of hydrogen-bond donors (Lipinski definition) is 1. The highest BCUT2D eigenvalue weighted by Gasteiger charge is 2.29. The van der Waals surface area contributed by atoms with Crippen molar-refractivity contribution in [1.82, 2.24) is 10.1 Å². The standard InChI is InChI=1S/C18H16N4O2S/c23-17(14-9-16(24-21-14)12-1-2-12)20-13-5-3-11(4-6-13)15-10-25-18-19-7-8-22(15)18/h3-6,9-10,12H,1-2,7-8H2,(H,20,23). The molecule has 1 amide bonds. The third kappa shape index (κ3) is 2.74. The van der Waals surface area contributed by atoms with Gasteiger partial charge in [-0.3, -0.25) is 9.79 Å². The molecule has 7 heteroatoms. The Bertz CT molecular complexity index is 896. The molecule has 2 aromatic rings. The summed E-state index contributed by atoms with van der Waals surface area (Å²) >= 11 is 1.66. The molecule has 5 rings (SSSR count). The number of aromatic nitrogens is 1. The van der Waals surface area contributed by atoms with Crippen molar-refractivity contribution in [2.24, 2.45) is 4.99 Å². The fourth-order valence-electron chi connectivity index (χ4n) is 3.02.